The number of nitrogens with one attached hydrogen (secondary N) is 1. The Labute approximate surface area is 298 Å². The van der Waals surface area contributed by atoms with Gasteiger partial charge < -0.3 is 19.5 Å². The zero-order valence-electron chi connectivity index (χ0n) is 29.7. The van der Waals surface area contributed by atoms with E-state index < -0.39 is 5.92 Å². The Morgan fingerprint density at radius 2 is 1.61 bits per heavy atom. The van der Waals surface area contributed by atoms with E-state index in [-0.39, 0.29) is 42.3 Å². The van der Waals surface area contributed by atoms with Crippen molar-refractivity contribution in [2.24, 2.45) is 10.9 Å². The lowest BCUT2D eigenvalue weighted by atomic mass is 10.0. The van der Waals surface area contributed by atoms with E-state index in [4.69, 9.17) is 14.7 Å². The highest BCUT2D eigenvalue weighted by Crippen LogP contribution is 2.35. The number of fused-ring (bicyclic) bond motifs is 2. The first-order valence-electron chi connectivity index (χ1n) is 17.8. The zero-order chi connectivity index (χ0) is 35.6. The van der Waals surface area contributed by atoms with Crippen LogP contribution in [0.4, 0.5) is 5.69 Å². The number of aromatic amines is 1. The molecule has 1 N–H and O–H groups in total. The van der Waals surface area contributed by atoms with Gasteiger partial charge >= 0.3 is 5.97 Å². The van der Waals surface area contributed by atoms with Crippen LogP contribution in [-0.2, 0) is 25.5 Å². The largest absolute Gasteiger partial charge is 0.469 e. The number of amides is 2. The second-order valence-electron chi connectivity index (χ2n) is 14.1. The van der Waals surface area contributed by atoms with Crippen molar-refractivity contribution in [3.63, 3.8) is 0 Å². The molecule has 0 spiro atoms. The van der Waals surface area contributed by atoms with E-state index in [1.807, 2.05) is 89.5 Å². The lowest BCUT2D eigenvalue weighted by Crippen LogP contribution is -2.46. The lowest BCUT2D eigenvalue weighted by molar-refractivity contribution is -0.146. The van der Waals surface area contributed by atoms with E-state index in [0.29, 0.717) is 6.54 Å². The number of aromatic nitrogens is 2. The molecule has 0 aliphatic carbocycles. The summed E-state index contributed by atoms with van der Waals surface area (Å²) in [4.78, 5) is 58.1. The summed E-state index contributed by atoms with van der Waals surface area (Å²) in [6.45, 7) is 3.14. The molecule has 2 saturated heterocycles. The summed E-state index contributed by atoms with van der Waals surface area (Å²) in [6.07, 6.45) is 4.37. The molecule has 4 aromatic rings. The number of benzene rings is 3. The molecule has 3 aliphatic rings. The second kappa shape index (κ2) is 14.5. The number of hydrogen-bond acceptors (Lipinski definition) is 7. The first-order valence-corrected chi connectivity index (χ1v) is 17.8. The van der Waals surface area contributed by atoms with Crippen molar-refractivity contribution in [2.45, 2.75) is 63.6 Å². The number of H-pyrrole nitrogens is 1. The van der Waals surface area contributed by atoms with Gasteiger partial charge in [0.25, 0.3) is 0 Å². The molecule has 51 heavy (non-hydrogen) atoms. The Bertz CT molecular complexity index is 2060. The van der Waals surface area contributed by atoms with Crippen molar-refractivity contribution >= 4 is 40.2 Å². The van der Waals surface area contributed by atoms with Crippen molar-refractivity contribution < 1.29 is 19.1 Å². The summed E-state index contributed by atoms with van der Waals surface area (Å²) in [7, 11) is 5.26. The third-order valence-corrected chi connectivity index (χ3v) is 10.3. The molecule has 0 radical (unpaired) electrons. The van der Waals surface area contributed by atoms with E-state index >= 15 is 0 Å². The van der Waals surface area contributed by atoms with Gasteiger partial charge in [-0.1, -0.05) is 55.2 Å². The predicted molar refractivity (Wildman–Crippen MR) is 196 cm³/mol. The molecule has 7 rings (SSSR count). The van der Waals surface area contributed by atoms with Gasteiger partial charge in [-0.05, 0) is 81.2 Å². The maximum atomic E-state index is 13.9. The van der Waals surface area contributed by atoms with Crippen molar-refractivity contribution in [3.8, 4) is 11.8 Å². The van der Waals surface area contributed by atoms with Crippen LogP contribution in [0.3, 0.4) is 0 Å². The minimum Gasteiger partial charge on any atom is -0.469 e. The molecule has 3 aromatic carbocycles. The molecule has 1 aromatic heterocycles. The van der Waals surface area contributed by atoms with Gasteiger partial charge in [0.1, 0.15) is 11.9 Å². The van der Waals surface area contributed by atoms with Crippen LogP contribution >= 0.6 is 0 Å². The quantitative estimate of drug-likeness (QED) is 0.187. The average Bonchev–Trinajstić information content (AvgIpc) is 3.95. The van der Waals surface area contributed by atoms with E-state index in [2.05, 4.69) is 22.9 Å². The van der Waals surface area contributed by atoms with Gasteiger partial charge in [-0.2, -0.15) is 0 Å². The molecule has 2 amide bonds. The molecule has 0 bridgehead atoms. The van der Waals surface area contributed by atoms with Crippen LogP contribution in [0.1, 0.15) is 79.2 Å². The fourth-order valence-corrected chi connectivity index (χ4v) is 7.74. The first kappa shape index (κ1) is 34.2. The molecule has 4 atom stereocenters. The topological polar surface area (TPSA) is 111 Å². The number of ether oxygens (including phenoxy) is 1. The summed E-state index contributed by atoms with van der Waals surface area (Å²) in [5.41, 5.74) is 7.54. The number of hydrogen-bond donors (Lipinski definition) is 1. The van der Waals surface area contributed by atoms with Crippen LogP contribution in [0, 0.1) is 17.8 Å². The number of aliphatic imine (C=N–C) groups is 1. The average molecular weight is 685 g/mol. The predicted octanol–water partition coefficient (Wildman–Crippen LogP) is 5.75. The Balaban J connectivity index is 1.05. The third-order valence-electron chi connectivity index (χ3n) is 10.3. The minimum atomic E-state index is -0.455. The molecule has 2 fully saturated rings. The Morgan fingerprint density at radius 3 is 2.33 bits per heavy atom. The van der Waals surface area contributed by atoms with Gasteiger partial charge in [0, 0.05) is 42.3 Å². The summed E-state index contributed by atoms with van der Waals surface area (Å²) < 4.78 is 4.76. The first-order chi connectivity index (χ1) is 24.7. The number of carbonyl (C=O) groups is 3. The van der Waals surface area contributed by atoms with E-state index in [1.165, 1.54) is 7.11 Å². The lowest BCUT2D eigenvalue weighted by Gasteiger charge is -2.32. The third kappa shape index (κ3) is 7.04. The highest BCUT2D eigenvalue weighted by Gasteiger charge is 2.39. The number of likely N-dealkylation sites (tertiary alicyclic amines) is 2. The zero-order valence-corrected chi connectivity index (χ0v) is 29.7. The summed E-state index contributed by atoms with van der Waals surface area (Å²) in [5, 5.41) is 0. The van der Waals surface area contributed by atoms with Crippen LogP contribution in [0.2, 0.25) is 0 Å². The maximum Gasteiger partial charge on any atom is 0.306 e. The Morgan fingerprint density at radius 1 is 0.922 bits per heavy atom. The van der Waals surface area contributed by atoms with Crippen molar-refractivity contribution in [1.82, 2.24) is 24.7 Å². The molecule has 10 heteroatoms. The summed E-state index contributed by atoms with van der Waals surface area (Å²) >= 11 is 0. The summed E-state index contributed by atoms with van der Waals surface area (Å²) in [5.74, 6) is 6.59. The monoisotopic (exact) mass is 684 g/mol. The SMILES string of the molecule is COC(=O)C[C@@H](C)C(=O)N1CCC[C@H]1c1nc2ccc(C#Cc3ccc4c(c3)N=C([C@@H]3CCCN3C(=O)C(c3ccccc3)N(C)C)C4)cc2[nH]1. The number of nitrogens with zero attached hydrogens (tertiary/aromatic N) is 5. The van der Waals surface area contributed by atoms with Crippen LogP contribution in [0.15, 0.2) is 71.7 Å². The highest BCUT2D eigenvalue weighted by atomic mass is 16.5. The molecule has 0 saturated carbocycles. The fourth-order valence-electron chi connectivity index (χ4n) is 7.74. The Kier molecular flexibility index (Phi) is 9.74. The number of esters is 1. The van der Waals surface area contributed by atoms with Gasteiger partial charge in [0.2, 0.25) is 11.8 Å². The smallest absolute Gasteiger partial charge is 0.306 e. The van der Waals surface area contributed by atoms with E-state index in [1.54, 1.807) is 6.92 Å². The van der Waals surface area contributed by atoms with Gasteiger partial charge in [0.05, 0.1) is 42.3 Å². The Hall–Kier alpha value is -5.27. The molecular formula is C41H44N6O4. The van der Waals surface area contributed by atoms with E-state index in [0.717, 1.165) is 89.2 Å². The molecule has 262 valence electrons. The van der Waals surface area contributed by atoms with E-state index in [9.17, 15) is 14.4 Å². The molecule has 10 nitrogen and oxygen atoms in total. The van der Waals surface area contributed by atoms with Crippen molar-refractivity contribution in [3.05, 3.63) is 94.8 Å². The molecule has 1 unspecified atom stereocenters. The molecular weight excluding hydrogens is 640 g/mol. The van der Waals surface area contributed by atoms with Crippen LogP contribution < -0.4 is 0 Å². The fraction of sp³-hybridized carbons (Fsp3) is 0.390. The van der Waals surface area contributed by atoms with Crippen LogP contribution in [-0.4, -0.2) is 88.5 Å². The standard InChI is InChI=1S/C41H44N6O4/c1-26(22-37(48)51-4)40(49)47-21-9-13-36(47)39-43-31-19-17-28(24-33(31)44-39)15-14-27-16-18-30-25-34(42-32(30)23-27)35-12-8-20-46(35)41(50)38(45(2)3)29-10-6-5-7-11-29/h5-7,10-11,16-19,23-24,26,35-36,38H,8-9,12-13,20-22,25H2,1-4H3,(H,43,44)/t26-,35+,36+,38?/m1/s1. The number of carbonyl (C=O) groups excluding carboxylic acids is 3. The normalized spacial score (nSPS) is 19.4. The molecule has 4 heterocycles. The minimum absolute atomic E-state index is 0.00527. The maximum absolute atomic E-state index is 13.9. The van der Waals surface area contributed by atoms with Crippen LogP contribution in [0.5, 0.6) is 0 Å². The number of rotatable bonds is 8. The highest BCUT2D eigenvalue weighted by molar-refractivity contribution is 6.01. The van der Waals surface area contributed by atoms with Gasteiger partial charge in [-0.25, -0.2) is 4.98 Å². The van der Waals surface area contributed by atoms with Crippen molar-refractivity contribution in [1.29, 1.82) is 0 Å². The number of likely N-dealkylation sites (N-methyl/N-ethyl adjacent to an activating group) is 1. The van der Waals surface area contributed by atoms with Gasteiger partial charge in [0.15, 0.2) is 0 Å². The van der Waals surface area contributed by atoms with Gasteiger partial charge in [-0.3, -0.25) is 24.3 Å². The van der Waals surface area contributed by atoms with Crippen molar-refractivity contribution in [2.75, 3.05) is 34.3 Å². The molecule has 3 aliphatic heterocycles. The second-order valence-corrected chi connectivity index (χ2v) is 14.1. The number of imidazole rings is 1. The van der Waals surface area contributed by atoms with Crippen LogP contribution in [0.25, 0.3) is 11.0 Å². The number of methoxy groups -OCH3 is 1. The summed E-state index contributed by atoms with van der Waals surface area (Å²) in [6, 6.07) is 21.6. The van der Waals surface area contributed by atoms with Gasteiger partial charge in [-0.15, -0.1) is 0 Å².